The Morgan fingerprint density at radius 1 is 1.04 bits per heavy atom. The van der Waals surface area contributed by atoms with E-state index < -0.39 is 0 Å². The van der Waals surface area contributed by atoms with Crippen molar-refractivity contribution in [1.29, 1.82) is 0 Å². The molecule has 1 N–H and O–H groups in total. The normalized spacial score (nSPS) is 46.9. The smallest absolute Gasteiger partial charge is 0.305 e. The third kappa shape index (κ3) is 3.35. The number of fused-ring (bicyclic) bond motifs is 3. The van der Waals surface area contributed by atoms with Gasteiger partial charge in [0.25, 0.3) is 0 Å². The highest BCUT2D eigenvalue weighted by molar-refractivity contribution is 5.69. The van der Waals surface area contributed by atoms with Crippen LogP contribution < -0.4 is 0 Å². The molecule has 4 aliphatic carbocycles. The lowest BCUT2D eigenvalue weighted by atomic mass is 9.70. The molecule has 0 amide bonds. The average Bonchev–Trinajstić information content (AvgIpc) is 3.26. The van der Waals surface area contributed by atoms with Gasteiger partial charge in [-0.2, -0.15) is 0 Å². The van der Waals surface area contributed by atoms with Gasteiger partial charge in [-0.3, -0.25) is 10.1 Å². The molecule has 0 aromatic rings. The summed E-state index contributed by atoms with van der Waals surface area (Å²) >= 11 is 0. The molecule has 3 unspecified atom stereocenters. The van der Waals surface area contributed by atoms with Crippen LogP contribution in [0.3, 0.4) is 0 Å². The van der Waals surface area contributed by atoms with E-state index >= 15 is 0 Å². The van der Waals surface area contributed by atoms with Gasteiger partial charge in [-0.25, -0.2) is 4.89 Å². The fourth-order valence-electron chi connectivity index (χ4n) is 5.93. The molecular weight excluding hydrogens is 308 g/mol. The van der Waals surface area contributed by atoms with Crippen LogP contribution in [0.25, 0.3) is 0 Å². The second kappa shape index (κ2) is 6.58. The molecule has 0 aromatic heterocycles. The number of ether oxygens (including phenoxy) is 2. The lowest BCUT2D eigenvalue weighted by Gasteiger charge is -2.43. The Kier molecular flexibility index (Phi) is 4.61. The first-order valence-electron chi connectivity index (χ1n) is 9.65. The maximum Gasteiger partial charge on any atom is 0.305 e. The number of carbonyl (C=O) groups excluding carboxylic acids is 1. The quantitative estimate of drug-likeness (QED) is 0.472. The van der Waals surface area contributed by atoms with Gasteiger partial charge >= 0.3 is 5.97 Å². The van der Waals surface area contributed by atoms with Gasteiger partial charge in [0, 0.05) is 6.42 Å². The SMILES string of the molecule is COC(=O)C[C@@H]1CCC2C[C@@]2(OC2CC3CC(CC(OO)C3)C2)C1. The molecule has 0 saturated heterocycles. The predicted octanol–water partition coefficient (Wildman–Crippen LogP) is 3.56. The van der Waals surface area contributed by atoms with Gasteiger partial charge in [-0.1, -0.05) is 0 Å². The highest BCUT2D eigenvalue weighted by Crippen LogP contribution is 2.60. The first-order valence-corrected chi connectivity index (χ1v) is 9.65. The Balaban J connectivity index is 1.33. The van der Waals surface area contributed by atoms with Crippen molar-refractivity contribution < 1.29 is 24.4 Å². The van der Waals surface area contributed by atoms with E-state index in [2.05, 4.69) is 4.89 Å². The molecule has 0 aliphatic heterocycles. The van der Waals surface area contributed by atoms with Crippen LogP contribution in [0, 0.1) is 23.7 Å². The van der Waals surface area contributed by atoms with E-state index in [1.165, 1.54) is 26.4 Å². The number of rotatable bonds is 5. The van der Waals surface area contributed by atoms with Gasteiger partial charge < -0.3 is 9.47 Å². The minimum absolute atomic E-state index is 0.0284. The molecule has 5 atom stereocenters. The summed E-state index contributed by atoms with van der Waals surface area (Å²) in [7, 11) is 1.47. The van der Waals surface area contributed by atoms with Crippen molar-refractivity contribution in [2.75, 3.05) is 7.11 Å². The van der Waals surface area contributed by atoms with Gasteiger partial charge in [-0.05, 0) is 81.5 Å². The molecule has 0 heterocycles. The largest absolute Gasteiger partial charge is 0.469 e. The van der Waals surface area contributed by atoms with Crippen molar-refractivity contribution in [3.8, 4) is 0 Å². The third-order valence-electron chi connectivity index (χ3n) is 7.02. The van der Waals surface area contributed by atoms with E-state index in [0.29, 0.717) is 36.2 Å². The monoisotopic (exact) mass is 338 g/mol. The number of esters is 1. The standard InChI is InChI=1S/C19H30O5/c1-22-18(20)9-12-2-3-15-11-19(15,10-12)23-16-5-13-4-14(6-16)8-17(7-13)24-21/h12-17,21H,2-11H2,1H3/t12-,13?,14?,15?,16?,17?,19-/m0/s1. The number of methoxy groups -OCH3 is 1. The van der Waals surface area contributed by atoms with Crippen molar-refractivity contribution in [3.63, 3.8) is 0 Å². The molecular formula is C19H30O5. The molecule has 4 saturated carbocycles. The van der Waals surface area contributed by atoms with Crippen LogP contribution in [-0.2, 0) is 19.2 Å². The van der Waals surface area contributed by atoms with E-state index in [4.69, 9.17) is 14.7 Å². The van der Waals surface area contributed by atoms with Crippen LogP contribution in [0.1, 0.15) is 64.2 Å². The molecule has 0 spiro atoms. The van der Waals surface area contributed by atoms with Crippen molar-refractivity contribution in [1.82, 2.24) is 0 Å². The molecule has 4 fully saturated rings. The zero-order valence-electron chi connectivity index (χ0n) is 14.6. The molecule has 136 valence electrons. The Hall–Kier alpha value is -0.650. The molecule has 5 nitrogen and oxygen atoms in total. The summed E-state index contributed by atoms with van der Waals surface area (Å²) in [5.74, 6) is 2.30. The highest BCUT2D eigenvalue weighted by Gasteiger charge is 2.59. The Bertz CT molecular complexity index is 466. The summed E-state index contributed by atoms with van der Waals surface area (Å²) in [6, 6.07) is 0. The average molecular weight is 338 g/mol. The van der Waals surface area contributed by atoms with Gasteiger partial charge in [0.15, 0.2) is 0 Å². The lowest BCUT2D eigenvalue weighted by Crippen LogP contribution is -2.40. The second-order valence-electron chi connectivity index (χ2n) is 8.77. The first-order chi connectivity index (χ1) is 11.6. The minimum Gasteiger partial charge on any atom is -0.469 e. The summed E-state index contributed by atoms with van der Waals surface area (Å²) < 4.78 is 11.5. The number of hydrogen-bond donors (Lipinski definition) is 1. The maximum atomic E-state index is 11.6. The first kappa shape index (κ1) is 16.8. The lowest BCUT2D eigenvalue weighted by molar-refractivity contribution is -0.293. The van der Waals surface area contributed by atoms with Crippen LogP contribution >= 0.6 is 0 Å². The Labute approximate surface area is 144 Å². The van der Waals surface area contributed by atoms with Gasteiger partial charge in [-0.15, -0.1) is 0 Å². The topological polar surface area (TPSA) is 65.0 Å². The van der Waals surface area contributed by atoms with E-state index in [1.54, 1.807) is 0 Å². The zero-order valence-corrected chi connectivity index (χ0v) is 14.6. The van der Waals surface area contributed by atoms with Crippen molar-refractivity contribution in [2.45, 2.75) is 82.0 Å². The van der Waals surface area contributed by atoms with Gasteiger partial charge in [0.1, 0.15) is 0 Å². The Morgan fingerprint density at radius 2 is 1.75 bits per heavy atom. The minimum atomic E-state index is -0.0866. The summed E-state index contributed by atoms with van der Waals surface area (Å²) in [5, 5.41) is 8.97. The number of hydrogen-bond acceptors (Lipinski definition) is 5. The van der Waals surface area contributed by atoms with E-state index in [-0.39, 0.29) is 17.7 Å². The molecule has 24 heavy (non-hydrogen) atoms. The highest BCUT2D eigenvalue weighted by atomic mass is 17.1. The molecule has 0 aromatic carbocycles. The fraction of sp³-hybridized carbons (Fsp3) is 0.947. The van der Waals surface area contributed by atoms with Crippen LogP contribution in [-0.4, -0.2) is 36.1 Å². The molecule has 2 bridgehead atoms. The summed E-state index contributed by atoms with van der Waals surface area (Å²) in [4.78, 5) is 16.2. The second-order valence-corrected chi connectivity index (χ2v) is 8.77. The van der Waals surface area contributed by atoms with Crippen LogP contribution in [0.15, 0.2) is 0 Å². The van der Waals surface area contributed by atoms with Crippen molar-refractivity contribution in [3.05, 3.63) is 0 Å². The van der Waals surface area contributed by atoms with Gasteiger partial charge in [0.05, 0.1) is 24.9 Å². The van der Waals surface area contributed by atoms with Gasteiger partial charge in [0.2, 0.25) is 0 Å². The summed E-state index contributed by atoms with van der Waals surface area (Å²) in [6.07, 6.45) is 10.9. The van der Waals surface area contributed by atoms with Crippen molar-refractivity contribution >= 4 is 5.97 Å². The van der Waals surface area contributed by atoms with Crippen LogP contribution in [0.2, 0.25) is 0 Å². The fourth-order valence-corrected chi connectivity index (χ4v) is 5.93. The number of carbonyl (C=O) groups is 1. The predicted molar refractivity (Wildman–Crippen MR) is 87.3 cm³/mol. The van der Waals surface area contributed by atoms with Crippen LogP contribution in [0.4, 0.5) is 0 Å². The Morgan fingerprint density at radius 3 is 2.42 bits per heavy atom. The molecule has 5 heteroatoms. The van der Waals surface area contributed by atoms with E-state index in [1.807, 2.05) is 0 Å². The third-order valence-corrected chi connectivity index (χ3v) is 7.02. The molecule has 4 aliphatic rings. The molecule has 0 radical (unpaired) electrons. The zero-order chi connectivity index (χ0) is 16.7. The van der Waals surface area contributed by atoms with Crippen LogP contribution in [0.5, 0.6) is 0 Å². The maximum absolute atomic E-state index is 11.6. The van der Waals surface area contributed by atoms with Crippen molar-refractivity contribution in [2.24, 2.45) is 23.7 Å². The van der Waals surface area contributed by atoms with E-state index in [9.17, 15) is 4.79 Å². The van der Waals surface area contributed by atoms with E-state index in [0.717, 1.165) is 38.5 Å². The summed E-state index contributed by atoms with van der Waals surface area (Å²) in [5.41, 5.74) is 0.0557. The summed E-state index contributed by atoms with van der Waals surface area (Å²) in [6.45, 7) is 0. The molecule has 4 rings (SSSR count).